The maximum atomic E-state index is 10.4. The van der Waals surface area contributed by atoms with Gasteiger partial charge in [-0.2, -0.15) is 5.26 Å². The first-order chi connectivity index (χ1) is 15.6. The summed E-state index contributed by atoms with van der Waals surface area (Å²) in [7, 11) is 0. The summed E-state index contributed by atoms with van der Waals surface area (Å²) < 4.78 is 31.5. The van der Waals surface area contributed by atoms with Crippen LogP contribution in [0, 0.1) is 11.3 Å². The summed E-state index contributed by atoms with van der Waals surface area (Å²) in [5.41, 5.74) is 1.97. The third-order valence-electron chi connectivity index (χ3n) is 5.25. The summed E-state index contributed by atoms with van der Waals surface area (Å²) in [5, 5.41) is 10.4. The summed E-state index contributed by atoms with van der Waals surface area (Å²) in [6.07, 6.45) is 0. The monoisotopic (exact) mass is 437 g/mol. The molecule has 0 aliphatic carbocycles. The zero-order valence-corrected chi connectivity index (χ0v) is 19.2. The number of rotatable bonds is 10. The van der Waals surface area contributed by atoms with Crippen LogP contribution in [0.5, 0.6) is 0 Å². The van der Waals surface area contributed by atoms with Crippen molar-refractivity contribution in [2.24, 2.45) is 0 Å². The molecule has 1 aliphatic rings. The van der Waals surface area contributed by atoms with Gasteiger partial charge < -0.3 is 23.7 Å². The van der Waals surface area contributed by atoms with E-state index in [1.165, 1.54) is 0 Å². The molecule has 0 saturated carbocycles. The van der Waals surface area contributed by atoms with Gasteiger partial charge in [0, 0.05) is 18.8 Å². The van der Waals surface area contributed by atoms with Crippen LogP contribution in [0.25, 0.3) is 5.76 Å². The lowest BCUT2D eigenvalue weighted by Crippen LogP contribution is -2.67. The van der Waals surface area contributed by atoms with E-state index in [-0.39, 0.29) is 13.2 Å². The van der Waals surface area contributed by atoms with Gasteiger partial charge in [0.05, 0.1) is 30.8 Å². The highest BCUT2D eigenvalue weighted by atomic mass is 16.9. The molecule has 0 spiro atoms. The molecule has 2 aromatic rings. The molecule has 0 radical (unpaired) electrons. The molecule has 0 saturated heterocycles. The number of ether oxygens (including phenoxy) is 5. The molecule has 1 unspecified atom stereocenters. The van der Waals surface area contributed by atoms with Crippen molar-refractivity contribution in [2.75, 3.05) is 26.4 Å². The predicted octanol–water partition coefficient (Wildman–Crippen LogP) is 5.23. The first kappa shape index (κ1) is 24.0. The Labute approximate surface area is 190 Å². The molecule has 6 heteroatoms. The largest absolute Gasteiger partial charge is 0.433 e. The van der Waals surface area contributed by atoms with Crippen LogP contribution < -0.4 is 0 Å². The molecule has 0 bridgehead atoms. The van der Waals surface area contributed by atoms with Gasteiger partial charge in [-0.3, -0.25) is 0 Å². The Balaban J connectivity index is 2.42. The van der Waals surface area contributed by atoms with Crippen molar-refractivity contribution in [3.63, 3.8) is 0 Å². The number of nitriles is 1. The molecule has 0 aromatic heterocycles. The van der Waals surface area contributed by atoms with Crippen LogP contribution in [0.3, 0.4) is 0 Å². The standard InChI is InChI=1S/C26H31NO5/c1-5-28-25(29-6-2)23(20-15-11-9-12-16-20)22(19-27)24(21-17-13-10-14-18-21)32-26(25,30-7-3)31-8-4/h9-18,23H,5-8H2,1-4H3. The fourth-order valence-electron chi connectivity index (χ4n) is 4.20. The summed E-state index contributed by atoms with van der Waals surface area (Å²) >= 11 is 0. The van der Waals surface area contributed by atoms with E-state index in [1.807, 2.05) is 88.4 Å². The predicted molar refractivity (Wildman–Crippen MR) is 121 cm³/mol. The van der Waals surface area contributed by atoms with Crippen LogP contribution in [-0.2, 0) is 23.7 Å². The van der Waals surface area contributed by atoms with E-state index in [0.29, 0.717) is 24.5 Å². The Morgan fingerprint density at radius 3 is 1.75 bits per heavy atom. The van der Waals surface area contributed by atoms with E-state index in [4.69, 9.17) is 23.7 Å². The van der Waals surface area contributed by atoms with E-state index in [2.05, 4.69) is 6.07 Å². The number of hydrogen-bond donors (Lipinski definition) is 0. The molecule has 3 rings (SSSR count). The smallest absolute Gasteiger partial charge is 0.385 e. The van der Waals surface area contributed by atoms with E-state index < -0.39 is 17.7 Å². The topological polar surface area (TPSA) is 69.9 Å². The lowest BCUT2D eigenvalue weighted by molar-refractivity contribution is -0.489. The molecule has 1 atom stereocenters. The van der Waals surface area contributed by atoms with Crippen LogP contribution in [0.15, 0.2) is 66.2 Å². The third-order valence-corrected chi connectivity index (χ3v) is 5.25. The van der Waals surface area contributed by atoms with Gasteiger partial charge in [-0.1, -0.05) is 60.7 Å². The van der Waals surface area contributed by atoms with Crippen molar-refractivity contribution in [1.29, 1.82) is 5.26 Å². The molecule has 170 valence electrons. The van der Waals surface area contributed by atoms with Gasteiger partial charge in [0.25, 0.3) is 5.79 Å². The highest BCUT2D eigenvalue weighted by Gasteiger charge is 2.68. The SMILES string of the molecule is CCOC1(OCC)OC(c2ccccc2)=C(C#N)C(c2ccccc2)C1(OCC)OCC. The van der Waals surface area contributed by atoms with Crippen molar-refractivity contribution in [1.82, 2.24) is 0 Å². The average molecular weight is 438 g/mol. The number of hydrogen-bond acceptors (Lipinski definition) is 6. The molecular weight excluding hydrogens is 406 g/mol. The molecule has 6 nitrogen and oxygen atoms in total. The fourth-order valence-corrected chi connectivity index (χ4v) is 4.20. The lowest BCUT2D eigenvalue weighted by atomic mass is 9.79. The summed E-state index contributed by atoms with van der Waals surface area (Å²) in [6.45, 7) is 8.62. The highest BCUT2D eigenvalue weighted by Crippen LogP contribution is 2.54. The number of nitrogens with zero attached hydrogens (tertiary/aromatic N) is 1. The van der Waals surface area contributed by atoms with Gasteiger partial charge in [-0.25, -0.2) is 0 Å². The normalized spacial score (nSPS) is 19.3. The number of benzene rings is 2. The van der Waals surface area contributed by atoms with E-state index in [0.717, 1.165) is 11.1 Å². The van der Waals surface area contributed by atoms with Gasteiger partial charge in [0.15, 0.2) is 0 Å². The zero-order chi connectivity index (χ0) is 23.0. The van der Waals surface area contributed by atoms with E-state index in [9.17, 15) is 5.26 Å². The molecule has 1 heterocycles. The van der Waals surface area contributed by atoms with Crippen molar-refractivity contribution < 1.29 is 23.7 Å². The molecule has 0 fully saturated rings. The van der Waals surface area contributed by atoms with Crippen molar-refractivity contribution in [2.45, 2.75) is 45.4 Å². The van der Waals surface area contributed by atoms with Crippen LogP contribution >= 0.6 is 0 Å². The summed E-state index contributed by atoms with van der Waals surface area (Å²) in [5.74, 6) is -3.54. The summed E-state index contributed by atoms with van der Waals surface area (Å²) in [4.78, 5) is 0. The Morgan fingerprint density at radius 1 is 0.781 bits per heavy atom. The molecular formula is C26H31NO5. The Kier molecular flexibility index (Phi) is 8.05. The second-order valence-corrected chi connectivity index (χ2v) is 7.12. The van der Waals surface area contributed by atoms with Gasteiger partial charge in [0.2, 0.25) is 0 Å². The van der Waals surface area contributed by atoms with E-state index >= 15 is 0 Å². The molecule has 0 amide bonds. The van der Waals surface area contributed by atoms with Crippen molar-refractivity contribution in [3.8, 4) is 6.07 Å². The van der Waals surface area contributed by atoms with E-state index in [1.54, 1.807) is 0 Å². The Bertz CT molecular complexity index is 924. The summed E-state index contributed by atoms with van der Waals surface area (Å²) in [6, 6.07) is 21.6. The maximum Gasteiger partial charge on any atom is 0.385 e. The van der Waals surface area contributed by atoms with Crippen LogP contribution in [0.1, 0.15) is 44.7 Å². The van der Waals surface area contributed by atoms with Crippen LogP contribution in [-0.4, -0.2) is 38.2 Å². The minimum atomic E-state index is -1.73. The second-order valence-electron chi connectivity index (χ2n) is 7.12. The molecule has 1 aliphatic heterocycles. The maximum absolute atomic E-state index is 10.4. The van der Waals surface area contributed by atoms with Gasteiger partial charge in [-0.15, -0.1) is 0 Å². The fraction of sp³-hybridized carbons (Fsp3) is 0.423. The Hall–Kier alpha value is -2.69. The first-order valence-corrected chi connectivity index (χ1v) is 11.1. The van der Waals surface area contributed by atoms with Gasteiger partial charge in [0.1, 0.15) is 5.76 Å². The van der Waals surface area contributed by atoms with Crippen molar-refractivity contribution >= 4 is 5.76 Å². The highest BCUT2D eigenvalue weighted by molar-refractivity contribution is 5.71. The molecule has 2 aromatic carbocycles. The molecule has 0 N–H and O–H groups in total. The Morgan fingerprint density at radius 2 is 1.28 bits per heavy atom. The van der Waals surface area contributed by atoms with Crippen LogP contribution in [0.4, 0.5) is 0 Å². The lowest BCUT2D eigenvalue weighted by Gasteiger charge is -2.53. The minimum Gasteiger partial charge on any atom is -0.433 e. The molecule has 32 heavy (non-hydrogen) atoms. The van der Waals surface area contributed by atoms with Crippen LogP contribution in [0.2, 0.25) is 0 Å². The quantitative estimate of drug-likeness (QED) is 0.474. The van der Waals surface area contributed by atoms with Gasteiger partial charge in [-0.05, 0) is 33.3 Å². The first-order valence-electron chi connectivity index (χ1n) is 11.1. The average Bonchev–Trinajstić information content (AvgIpc) is 2.82. The minimum absolute atomic E-state index is 0.285. The third kappa shape index (κ3) is 4.17. The second kappa shape index (κ2) is 10.8. The van der Waals surface area contributed by atoms with Crippen molar-refractivity contribution in [3.05, 3.63) is 77.4 Å². The zero-order valence-electron chi connectivity index (χ0n) is 19.2. The van der Waals surface area contributed by atoms with Gasteiger partial charge >= 0.3 is 5.97 Å².